The van der Waals surface area contributed by atoms with Gasteiger partial charge in [0.1, 0.15) is 5.65 Å². The van der Waals surface area contributed by atoms with E-state index in [-0.39, 0.29) is 0 Å². The Balaban J connectivity index is 2.50. The first kappa shape index (κ1) is 8.74. The van der Waals surface area contributed by atoms with E-state index < -0.39 is 11.9 Å². The third-order valence-corrected chi connectivity index (χ3v) is 2.20. The van der Waals surface area contributed by atoms with Gasteiger partial charge in [-0.05, 0) is 19.1 Å². The molecule has 0 aliphatic carbocycles. The van der Waals surface area contributed by atoms with Gasteiger partial charge in [-0.25, -0.2) is 4.98 Å². The normalized spacial score (nSPS) is 12.9. The summed E-state index contributed by atoms with van der Waals surface area (Å²) < 4.78 is 1.81. The summed E-state index contributed by atoms with van der Waals surface area (Å²) >= 11 is 0. The summed E-state index contributed by atoms with van der Waals surface area (Å²) in [7, 11) is 0. The Labute approximate surface area is 80.8 Å². The SMILES string of the molecule is C[C@H](C(=O)O)c1cn2ccccc2n1. The minimum Gasteiger partial charge on any atom is -0.481 e. The van der Waals surface area contributed by atoms with Crippen LogP contribution in [0.4, 0.5) is 0 Å². The van der Waals surface area contributed by atoms with E-state index in [1.807, 2.05) is 28.8 Å². The zero-order chi connectivity index (χ0) is 10.1. The van der Waals surface area contributed by atoms with Gasteiger partial charge in [0.25, 0.3) is 0 Å². The predicted octanol–water partition coefficient (Wildman–Crippen LogP) is 1.52. The highest BCUT2D eigenvalue weighted by molar-refractivity contribution is 5.75. The van der Waals surface area contributed by atoms with Crippen LogP contribution in [0.15, 0.2) is 30.6 Å². The third kappa shape index (κ3) is 1.35. The molecule has 2 heterocycles. The van der Waals surface area contributed by atoms with E-state index in [2.05, 4.69) is 4.98 Å². The number of hydrogen-bond donors (Lipinski definition) is 1. The number of aliphatic carboxylic acids is 1. The van der Waals surface area contributed by atoms with Crippen molar-refractivity contribution in [1.29, 1.82) is 0 Å². The van der Waals surface area contributed by atoms with E-state index in [9.17, 15) is 4.79 Å². The predicted molar refractivity (Wildman–Crippen MR) is 51.2 cm³/mol. The lowest BCUT2D eigenvalue weighted by Gasteiger charge is -1.98. The number of hydrogen-bond acceptors (Lipinski definition) is 2. The van der Waals surface area contributed by atoms with Crippen LogP contribution in [0.25, 0.3) is 5.65 Å². The van der Waals surface area contributed by atoms with Gasteiger partial charge < -0.3 is 9.51 Å². The summed E-state index contributed by atoms with van der Waals surface area (Å²) in [4.78, 5) is 14.9. The highest BCUT2D eigenvalue weighted by Crippen LogP contribution is 2.14. The van der Waals surface area contributed by atoms with Crippen LogP contribution in [-0.4, -0.2) is 20.5 Å². The average Bonchev–Trinajstić information content (AvgIpc) is 2.59. The summed E-state index contributed by atoms with van der Waals surface area (Å²) in [6.07, 6.45) is 3.59. The Hall–Kier alpha value is -1.84. The molecular formula is C10H10N2O2. The van der Waals surface area contributed by atoms with E-state index in [1.54, 1.807) is 13.1 Å². The molecule has 0 saturated heterocycles. The Kier molecular flexibility index (Phi) is 1.96. The van der Waals surface area contributed by atoms with Crippen molar-refractivity contribution < 1.29 is 9.90 Å². The van der Waals surface area contributed by atoms with Crippen LogP contribution >= 0.6 is 0 Å². The average molecular weight is 190 g/mol. The van der Waals surface area contributed by atoms with Gasteiger partial charge in [0.15, 0.2) is 0 Å². The number of imidazole rings is 1. The van der Waals surface area contributed by atoms with Crippen LogP contribution in [0.5, 0.6) is 0 Å². The molecule has 2 aromatic heterocycles. The highest BCUT2D eigenvalue weighted by atomic mass is 16.4. The molecule has 0 fully saturated rings. The van der Waals surface area contributed by atoms with Crippen LogP contribution < -0.4 is 0 Å². The van der Waals surface area contributed by atoms with E-state index in [0.29, 0.717) is 5.69 Å². The maximum atomic E-state index is 10.7. The van der Waals surface area contributed by atoms with E-state index in [0.717, 1.165) is 5.65 Å². The van der Waals surface area contributed by atoms with Crippen molar-refractivity contribution in [3.8, 4) is 0 Å². The molecule has 0 aliphatic rings. The van der Waals surface area contributed by atoms with Gasteiger partial charge in [-0.1, -0.05) is 6.07 Å². The number of carbonyl (C=O) groups is 1. The molecule has 4 heteroatoms. The van der Waals surface area contributed by atoms with Gasteiger partial charge in [0, 0.05) is 12.4 Å². The molecule has 0 saturated carbocycles. The van der Waals surface area contributed by atoms with Crippen LogP contribution in [0.2, 0.25) is 0 Å². The number of pyridine rings is 1. The van der Waals surface area contributed by atoms with Gasteiger partial charge in [-0.2, -0.15) is 0 Å². The molecule has 2 aromatic rings. The molecule has 0 aliphatic heterocycles. The molecule has 2 rings (SSSR count). The number of fused-ring (bicyclic) bond motifs is 1. The lowest BCUT2D eigenvalue weighted by atomic mass is 10.1. The van der Waals surface area contributed by atoms with Crippen molar-refractivity contribution in [2.24, 2.45) is 0 Å². The van der Waals surface area contributed by atoms with Crippen LogP contribution in [0.3, 0.4) is 0 Å². The summed E-state index contributed by atoms with van der Waals surface area (Å²) in [6, 6.07) is 5.60. The minimum absolute atomic E-state index is 0.560. The van der Waals surface area contributed by atoms with E-state index >= 15 is 0 Å². The molecule has 72 valence electrons. The quantitative estimate of drug-likeness (QED) is 0.781. The fraction of sp³-hybridized carbons (Fsp3) is 0.200. The Bertz CT molecular complexity index is 443. The van der Waals surface area contributed by atoms with Crippen molar-refractivity contribution in [3.05, 3.63) is 36.3 Å². The van der Waals surface area contributed by atoms with E-state index in [4.69, 9.17) is 5.11 Å². The Morgan fingerprint density at radius 2 is 2.36 bits per heavy atom. The van der Waals surface area contributed by atoms with Gasteiger partial charge in [0.05, 0.1) is 11.6 Å². The van der Waals surface area contributed by atoms with Crippen LogP contribution in [0, 0.1) is 0 Å². The van der Waals surface area contributed by atoms with Crippen molar-refractivity contribution in [2.75, 3.05) is 0 Å². The first-order valence-corrected chi connectivity index (χ1v) is 4.35. The van der Waals surface area contributed by atoms with Gasteiger partial charge in [0.2, 0.25) is 0 Å². The largest absolute Gasteiger partial charge is 0.481 e. The molecule has 0 amide bonds. The van der Waals surface area contributed by atoms with Crippen molar-refractivity contribution in [3.63, 3.8) is 0 Å². The first-order valence-electron chi connectivity index (χ1n) is 4.35. The Morgan fingerprint density at radius 3 is 3.00 bits per heavy atom. The number of nitrogens with zero attached hydrogens (tertiary/aromatic N) is 2. The number of carboxylic acid groups (broad SMARTS) is 1. The van der Waals surface area contributed by atoms with E-state index in [1.165, 1.54) is 0 Å². The summed E-state index contributed by atoms with van der Waals surface area (Å²) in [5.74, 6) is -1.41. The fourth-order valence-electron chi connectivity index (χ4n) is 1.29. The molecule has 0 unspecified atom stereocenters. The molecule has 1 atom stereocenters. The first-order chi connectivity index (χ1) is 6.68. The van der Waals surface area contributed by atoms with Crippen LogP contribution in [0.1, 0.15) is 18.5 Å². The molecule has 1 N–H and O–H groups in total. The molecule has 0 bridgehead atoms. The van der Waals surface area contributed by atoms with Crippen molar-refractivity contribution in [1.82, 2.24) is 9.38 Å². The van der Waals surface area contributed by atoms with Gasteiger partial charge >= 0.3 is 5.97 Å². The zero-order valence-electron chi connectivity index (χ0n) is 7.71. The molecular weight excluding hydrogens is 180 g/mol. The third-order valence-electron chi connectivity index (χ3n) is 2.20. The zero-order valence-corrected chi connectivity index (χ0v) is 7.71. The summed E-state index contributed by atoms with van der Waals surface area (Å²) in [6.45, 7) is 1.63. The topological polar surface area (TPSA) is 54.6 Å². The minimum atomic E-state index is -0.853. The second-order valence-corrected chi connectivity index (χ2v) is 3.19. The summed E-state index contributed by atoms with van der Waals surface area (Å²) in [5, 5.41) is 8.81. The number of rotatable bonds is 2. The fourth-order valence-corrected chi connectivity index (χ4v) is 1.29. The maximum absolute atomic E-state index is 10.7. The second kappa shape index (κ2) is 3.14. The Morgan fingerprint density at radius 1 is 1.57 bits per heavy atom. The highest BCUT2D eigenvalue weighted by Gasteiger charge is 2.16. The lowest BCUT2D eigenvalue weighted by molar-refractivity contribution is -0.138. The van der Waals surface area contributed by atoms with Gasteiger partial charge in [-0.3, -0.25) is 4.79 Å². The second-order valence-electron chi connectivity index (χ2n) is 3.19. The molecule has 4 nitrogen and oxygen atoms in total. The molecule has 0 spiro atoms. The van der Waals surface area contributed by atoms with Crippen LogP contribution in [-0.2, 0) is 4.79 Å². The molecule has 14 heavy (non-hydrogen) atoms. The van der Waals surface area contributed by atoms with Crippen molar-refractivity contribution >= 4 is 11.6 Å². The standard InChI is InChI=1S/C10H10N2O2/c1-7(10(13)14)8-6-12-5-3-2-4-9(12)11-8/h2-7H,1H3,(H,13,14)/t7-/m0/s1. The maximum Gasteiger partial charge on any atom is 0.312 e. The summed E-state index contributed by atoms with van der Waals surface area (Å²) in [5.41, 5.74) is 1.36. The number of carboxylic acids is 1. The lowest BCUT2D eigenvalue weighted by Crippen LogP contribution is -2.07. The van der Waals surface area contributed by atoms with Crippen molar-refractivity contribution in [2.45, 2.75) is 12.8 Å². The smallest absolute Gasteiger partial charge is 0.312 e. The monoisotopic (exact) mass is 190 g/mol. The van der Waals surface area contributed by atoms with Gasteiger partial charge in [-0.15, -0.1) is 0 Å². The molecule has 0 aromatic carbocycles. The molecule has 0 radical (unpaired) electrons. The number of aromatic nitrogens is 2.